The van der Waals surface area contributed by atoms with Crippen molar-refractivity contribution in [1.29, 1.82) is 0 Å². The second kappa shape index (κ2) is 6.23. The molecule has 1 heterocycles. The standard InChI is InChI=1S/C13H21N3O/c1-5-10(2)9-16(4)13(17)11-6-7-15-12(8-11)14-3/h6-8,10H,5,9H2,1-4H3,(H,14,15). The van der Waals surface area contributed by atoms with Gasteiger partial charge in [-0.15, -0.1) is 0 Å². The molecule has 0 aliphatic heterocycles. The number of nitrogens with one attached hydrogen (secondary N) is 1. The Kier molecular flexibility index (Phi) is 4.94. The van der Waals surface area contributed by atoms with Crippen LogP contribution in [-0.4, -0.2) is 36.4 Å². The van der Waals surface area contributed by atoms with Gasteiger partial charge in [-0.05, 0) is 18.1 Å². The first kappa shape index (κ1) is 13.5. The maximum Gasteiger partial charge on any atom is 0.253 e. The third-order valence-electron chi connectivity index (χ3n) is 2.89. The number of pyridine rings is 1. The summed E-state index contributed by atoms with van der Waals surface area (Å²) in [6.07, 6.45) is 2.73. The predicted molar refractivity (Wildman–Crippen MR) is 70.2 cm³/mol. The fourth-order valence-corrected chi connectivity index (χ4v) is 1.60. The van der Waals surface area contributed by atoms with Gasteiger partial charge in [0.1, 0.15) is 5.82 Å². The largest absolute Gasteiger partial charge is 0.373 e. The highest BCUT2D eigenvalue weighted by Crippen LogP contribution is 2.10. The van der Waals surface area contributed by atoms with E-state index in [2.05, 4.69) is 24.1 Å². The van der Waals surface area contributed by atoms with Crippen molar-refractivity contribution in [2.75, 3.05) is 26.0 Å². The van der Waals surface area contributed by atoms with Crippen molar-refractivity contribution < 1.29 is 4.79 Å². The lowest BCUT2D eigenvalue weighted by molar-refractivity contribution is 0.0775. The van der Waals surface area contributed by atoms with Crippen molar-refractivity contribution in [1.82, 2.24) is 9.88 Å². The third-order valence-corrected chi connectivity index (χ3v) is 2.89. The quantitative estimate of drug-likeness (QED) is 0.851. The molecule has 0 saturated heterocycles. The van der Waals surface area contributed by atoms with Crippen LogP contribution in [0, 0.1) is 5.92 Å². The number of rotatable bonds is 5. The van der Waals surface area contributed by atoms with Gasteiger partial charge in [0.25, 0.3) is 5.91 Å². The zero-order valence-corrected chi connectivity index (χ0v) is 11.0. The molecular weight excluding hydrogens is 214 g/mol. The Morgan fingerprint density at radius 2 is 2.29 bits per heavy atom. The van der Waals surface area contributed by atoms with Crippen LogP contribution in [-0.2, 0) is 0 Å². The highest BCUT2D eigenvalue weighted by atomic mass is 16.2. The highest BCUT2D eigenvalue weighted by Gasteiger charge is 2.14. The van der Waals surface area contributed by atoms with Gasteiger partial charge in [0.15, 0.2) is 0 Å². The van der Waals surface area contributed by atoms with Crippen LogP contribution in [0.4, 0.5) is 5.82 Å². The Morgan fingerprint density at radius 1 is 1.59 bits per heavy atom. The molecule has 0 aliphatic rings. The number of anilines is 1. The molecule has 1 aromatic rings. The van der Waals surface area contributed by atoms with Crippen LogP contribution in [0.15, 0.2) is 18.3 Å². The maximum atomic E-state index is 12.1. The Morgan fingerprint density at radius 3 is 2.88 bits per heavy atom. The molecule has 1 atom stereocenters. The molecule has 1 rings (SSSR count). The van der Waals surface area contributed by atoms with Crippen molar-refractivity contribution in [3.8, 4) is 0 Å². The molecule has 1 aromatic heterocycles. The second-order valence-electron chi connectivity index (χ2n) is 4.38. The zero-order chi connectivity index (χ0) is 12.8. The summed E-state index contributed by atoms with van der Waals surface area (Å²) in [6, 6.07) is 3.52. The second-order valence-corrected chi connectivity index (χ2v) is 4.38. The predicted octanol–water partition coefficient (Wildman–Crippen LogP) is 2.24. The molecule has 1 unspecified atom stereocenters. The van der Waals surface area contributed by atoms with E-state index in [1.54, 1.807) is 30.3 Å². The van der Waals surface area contributed by atoms with Crippen LogP contribution in [0.2, 0.25) is 0 Å². The maximum absolute atomic E-state index is 12.1. The third kappa shape index (κ3) is 3.73. The van der Waals surface area contributed by atoms with E-state index in [1.807, 2.05) is 7.05 Å². The average Bonchev–Trinajstić information content (AvgIpc) is 2.37. The lowest BCUT2D eigenvalue weighted by Crippen LogP contribution is -2.30. The summed E-state index contributed by atoms with van der Waals surface area (Å²) in [7, 11) is 3.63. The van der Waals surface area contributed by atoms with E-state index in [0.717, 1.165) is 13.0 Å². The van der Waals surface area contributed by atoms with Crippen LogP contribution < -0.4 is 5.32 Å². The van der Waals surface area contributed by atoms with Gasteiger partial charge in [-0.25, -0.2) is 4.98 Å². The monoisotopic (exact) mass is 235 g/mol. The molecule has 1 N–H and O–H groups in total. The molecule has 0 bridgehead atoms. The Bertz CT molecular complexity index is 379. The van der Waals surface area contributed by atoms with Gasteiger partial charge in [0, 0.05) is 32.4 Å². The summed E-state index contributed by atoms with van der Waals surface area (Å²) in [6.45, 7) is 5.07. The average molecular weight is 235 g/mol. The fourth-order valence-electron chi connectivity index (χ4n) is 1.60. The summed E-state index contributed by atoms with van der Waals surface area (Å²) in [5.74, 6) is 1.28. The first-order valence-corrected chi connectivity index (χ1v) is 5.97. The van der Waals surface area contributed by atoms with E-state index < -0.39 is 0 Å². The van der Waals surface area contributed by atoms with Gasteiger partial charge in [0.05, 0.1) is 0 Å². The van der Waals surface area contributed by atoms with E-state index in [1.165, 1.54) is 0 Å². The smallest absolute Gasteiger partial charge is 0.253 e. The molecule has 0 spiro atoms. The topological polar surface area (TPSA) is 45.2 Å². The number of amides is 1. The van der Waals surface area contributed by atoms with Gasteiger partial charge in [0.2, 0.25) is 0 Å². The summed E-state index contributed by atoms with van der Waals surface area (Å²) >= 11 is 0. The first-order chi connectivity index (χ1) is 8.08. The van der Waals surface area contributed by atoms with Gasteiger partial charge in [-0.1, -0.05) is 20.3 Å². The summed E-state index contributed by atoms with van der Waals surface area (Å²) in [5.41, 5.74) is 0.676. The van der Waals surface area contributed by atoms with E-state index in [4.69, 9.17) is 0 Å². The highest BCUT2D eigenvalue weighted by molar-refractivity contribution is 5.94. The number of aromatic nitrogens is 1. The SMILES string of the molecule is CCC(C)CN(C)C(=O)c1ccnc(NC)c1. The van der Waals surface area contributed by atoms with E-state index in [0.29, 0.717) is 17.3 Å². The number of carbonyl (C=O) groups excluding carboxylic acids is 1. The molecule has 0 radical (unpaired) electrons. The minimum Gasteiger partial charge on any atom is -0.373 e. The van der Waals surface area contributed by atoms with Gasteiger partial charge < -0.3 is 10.2 Å². The van der Waals surface area contributed by atoms with Crippen molar-refractivity contribution in [3.05, 3.63) is 23.9 Å². The van der Waals surface area contributed by atoms with Gasteiger partial charge in [-0.2, -0.15) is 0 Å². The lowest BCUT2D eigenvalue weighted by Gasteiger charge is -2.21. The molecular formula is C13H21N3O. The van der Waals surface area contributed by atoms with E-state index in [9.17, 15) is 4.79 Å². The number of hydrogen-bond donors (Lipinski definition) is 1. The van der Waals surface area contributed by atoms with Crippen LogP contribution in [0.25, 0.3) is 0 Å². The van der Waals surface area contributed by atoms with E-state index in [-0.39, 0.29) is 5.91 Å². The van der Waals surface area contributed by atoms with Crippen molar-refractivity contribution >= 4 is 11.7 Å². The van der Waals surface area contributed by atoms with Gasteiger partial charge >= 0.3 is 0 Å². The molecule has 17 heavy (non-hydrogen) atoms. The number of hydrogen-bond acceptors (Lipinski definition) is 3. The summed E-state index contributed by atoms with van der Waals surface area (Å²) in [5, 5.41) is 2.93. The Balaban J connectivity index is 2.74. The van der Waals surface area contributed by atoms with Crippen LogP contribution >= 0.6 is 0 Å². The Labute approximate surface area is 103 Å². The molecule has 94 valence electrons. The normalized spacial score (nSPS) is 12.0. The minimum atomic E-state index is 0.0456. The van der Waals surface area contributed by atoms with E-state index >= 15 is 0 Å². The number of nitrogens with zero attached hydrogens (tertiary/aromatic N) is 2. The minimum absolute atomic E-state index is 0.0456. The lowest BCUT2D eigenvalue weighted by atomic mass is 10.1. The molecule has 4 nitrogen and oxygen atoms in total. The molecule has 0 aliphatic carbocycles. The van der Waals surface area contributed by atoms with Crippen molar-refractivity contribution in [2.45, 2.75) is 20.3 Å². The molecule has 1 amide bonds. The molecule has 0 fully saturated rings. The van der Waals surface area contributed by atoms with Crippen molar-refractivity contribution in [3.63, 3.8) is 0 Å². The zero-order valence-electron chi connectivity index (χ0n) is 11.0. The fraction of sp³-hybridized carbons (Fsp3) is 0.538. The molecule has 0 saturated carbocycles. The molecule has 0 aromatic carbocycles. The molecule has 4 heteroatoms. The number of carbonyl (C=O) groups is 1. The van der Waals surface area contributed by atoms with Crippen LogP contribution in [0.5, 0.6) is 0 Å². The summed E-state index contributed by atoms with van der Waals surface area (Å²) in [4.78, 5) is 18.0. The van der Waals surface area contributed by atoms with Gasteiger partial charge in [-0.3, -0.25) is 4.79 Å². The van der Waals surface area contributed by atoms with Crippen LogP contribution in [0.3, 0.4) is 0 Å². The first-order valence-electron chi connectivity index (χ1n) is 5.97. The summed E-state index contributed by atoms with van der Waals surface area (Å²) < 4.78 is 0. The van der Waals surface area contributed by atoms with Crippen LogP contribution in [0.1, 0.15) is 30.6 Å². The Hall–Kier alpha value is -1.58. The van der Waals surface area contributed by atoms with Crippen molar-refractivity contribution in [2.24, 2.45) is 5.92 Å².